The van der Waals surface area contributed by atoms with Gasteiger partial charge in [-0.3, -0.25) is 0 Å². The Morgan fingerprint density at radius 1 is 1.23 bits per heavy atom. The van der Waals surface area contributed by atoms with Crippen LogP contribution in [0, 0.1) is 5.92 Å². The third-order valence-corrected chi connectivity index (χ3v) is 7.47. The Kier molecular flexibility index (Phi) is 7.83. The summed E-state index contributed by atoms with van der Waals surface area (Å²) in [6.07, 6.45) is -2.32. The van der Waals surface area contributed by atoms with Crippen molar-refractivity contribution in [3.05, 3.63) is 12.2 Å². The molecule has 152 valence electrons. The molecule has 2 rings (SSSR count). The Labute approximate surface area is 161 Å². The van der Waals surface area contributed by atoms with E-state index in [9.17, 15) is 24.3 Å². The maximum Gasteiger partial charge on any atom is 0.136 e. The molecule has 1 fully saturated rings. The van der Waals surface area contributed by atoms with E-state index in [2.05, 4.69) is 4.72 Å². The van der Waals surface area contributed by atoms with Gasteiger partial charge in [0.1, 0.15) is 40.8 Å². The van der Waals surface area contributed by atoms with Gasteiger partial charge in [-0.25, -0.2) is 4.39 Å². The second kappa shape index (κ2) is 9.09. The third-order valence-electron chi connectivity index (χ3n) is 4.60. The Bertz CT molecular complexity index is 492. The van der Waals surface area contributed by atoms with Crippen molar-refractivity contribution in [2.24, 2.45) is 5.92 Å². The number of allylic oxidation sites excluding steroid dienone is 1. The minimum atomic E-state index is -1.43. The second-order valence-corrected chi connectivity index (χ2v) is 11.0. The summed E-state index contributed by atoms with van der Waals surface area (Å²) in [5.41, 5.74) is -0.866. The van der Waals surface area contributed by atoms with Gasteiger partial charge >= 0.3 is 0 Å². The number of halogens is 1. The molecule has 9 heteroatoms. The summed E-state index contributed by atoms with van der Waals surface area (Å²) >= 11 is -0.357. The fourth-order valence-electron chi connectivity index (χ4n) is 2.91. The smallest absolute Gasteiger partial charge is 0.136 e. The van der Waals surface area contributed by atoms with Gasteiger partial charge in [-0.1, -0.05) is 19.1 Å². The molecule has 0 spiro atoms. The van der Waals surface area contributed by atoms with Crippen LogP contribution >= 0.6 is 11.8 Å². The van der Waals surface area contributed by atoms with Crippen molar-refractivity contribution in [2.75, 3.05) is 5.75 Å². The minimum Gasteiger partial charge on any atom is -0.598 e. The lowest BCUT2D eigenvalue weighted by Crippen LogP contribution is -2.64. The van der Waals surface area contributed by atoms with Crippen LogP contribution in [0.15, 0.2) is 12.2 Å². The molecule has 3 unspecified atom stereocenters. The summed E-state index contributed by atoms with van der Waals surface area (Å²) in [4.78, 5) is 0. The van der Waals surface area contributed by atoms with Crippen LogP contribution in [-0.4, -0.2) is 72.4 Å². The molecule has 4 N–H and O–H groups in total. The molecule has 2 heterocycles. The van der Waals surface area contributed by atoms with Gasteiger partial charge in [-0.05, 0) is 33.1 Å². The van der Waals surface area contributed by atoms with E-state index in [1.54, 1.807) is 6.08 Å². The average molecular weight is 412 g/mol. The van der Waals surface area contributed by atoms with Crippen molar-refractivity contribution in [1.82, 2.24) is 4.72 Å². The maximum atomic E-state index is 14.0. The van der Waals surface area contributed by atoms with Gasteiger partial charge in [-0.15, -0.1) is 16.5 Å². The van der Waals surface area contributed by atoms with Crippen molar-refractivity contribution in [3.63, 3.8) is 0 Å². The van der Waals surface area contributed by atoms with Crippen LogP contribution in [0.1, 0.15) is 34.1 Å². The van der Waals surface area contributed by atoms with Crippen LogP contribution in [0.25, 0.3) is 0 Å². The normalized spacial score (nSPS) is 44.8. The molecule has 2 aliphatic heterocycles. The molecule has 1 saturated heterocycles. The molecule has 0 aromatic carbocycles. The van der Waals surface area contributed by atoms with E-state index in [-0.39, 0.29) is 18.1 Å². The number of rotatable bonds is 2. The number of ether oxygens (including phenoxy) is 1. The number of hydrogen-bond donors (Lipinski definition) is 4. The highest BCUT2D eigenvalue weighted by molar-refractivity contribution is 7.99. The number of hydrogen-bond acceptors (Lipinski definition) is 7. The molecule has 0 aliphatic carbocycles. The van der Waals surface area contributed by atoms with E-state index in [0.717, 1.165) is 11.8 Å². The Morgan fingerprint density at radius 3 is 2.50 bits per heavy atom. The largest absolute Gasteiger partial charge is 0.598 e. The number of nitrogens with one attached hydrogen (secondary N) is 1. The zero-order valence-corrected chi connectivity index (χ0v) is 17.2. The lowest BCUT2D eigenvalue weighted by molar-refractivity contribution is -0.205. The molecule has 26 heavy (non-hydrogen) atoms. The third kappa shape index (κ3) is 5.35. The Balaban J connectivity index is 2.33. The second-order valence-electron chi connectivity index (χ2n) is 7.92. The van der Waals surface area contributed by atoms with Gasteiger partial charge in [0.15, 0.2) is 0 Å². The van der Waals surface area contributed by atoms with Crippen LogP contribution in [0.3, 0.4) is 0 Å². The van der Waals surface area contributed by atoms with E-state index in [0.29, 0.717) is 0 Å². The maximum absolute atomic E-state index is 14.0. The monoisotopic (exact) mass is 411 g/mol. The first kappa shape index (κ1) is 22.4. The van der Waals surface area contributed by atoms with Crippen molar-refractivity contribution < 1.29 is 29.0 Å². The number of aliphatic hydroxyl groups is 3. The first-order valence-corrected chi connectivity index (χ1v) is 11.0. The SMILES string of the molecule is C[C@@H]1/C=C\CC(F)CSC2O[C@H]([C@@H]1N[S@+]([O-])C(C)(C)C)[C@@H](O)C(O)[C@H]2O. The number of thioether (sulfide) groups is 1. The summed E-state index contributed by atoms with van der Waals surface area (Å²) < 4.78 is 35.0. The highest BCUT2D eigenvalue weighted by Gasteiger charge is 2.49. The molecule has 2 bridgehead atoms. The van der Waals surface area contributed by atoms with Gasteiger partial charge < -0.3 is 24.6 Å². The van der Waals surface area contributed by atoms with Gasteiger partial charge in [0.2, 0.25) is 0 Å². The standard InChI is InChI=1S/C17H30FNO5S2/c1-9-6-5-7-10(18)8-25-16-14(22)12(20)13(21)15(24-16)11(9)19-26(23)17(2,3)4/h5-6,9-16,19-22H,7-8H2,1-4H3/b6-5-/t9-,10?,11-,12?,13+,14-,15-,16?,26-/m1/s1. The van der Waals surface area contributed by atoms with E-state index in [1.807, 2.05) is 33.8 Å². The molecule has 6 nitrogen and oxygen atoms in total. The number of aliphatic hydroxyl groups excluding tert-OH is 3. The summed E-state index contributed by atoms with van der Waals surface area (Å²) in [6.45, 7) is 7.33. The molecular weight excluding hydrogens is 381 g/mol. The quantitative estimate of drug-likeness (QED) is 0.395. The fourth-order valence-corrected chi connectivity index (χ4v) is 4.96. The Morgan fingerprint density at radius 2 is 1.88 bits per heavy atom. The van der Waals surface area contributed by atoms with Crippen LogP contribution < -0.4 is 4.72 Å². The van der Waals surface area contributed by atoms with Gasteiger partial charge in [-0.2, -0.15) is 0 Å². The molecule has 0 saturated carbocycles. The van der Waals surface area contributed by atoms with Crippen LogP contribution in [0.5, 0.6) is 0 Å². The molecule has 0 radical (unpaired) electrons. The van der Waals surface area contributed by atoms with E-state index >= 15 is 0 Å². The number of fused-ring (bicyclic) bond motifs is 2. The molecule has 0 aromatic rings. The topological polar surface area (TPSA) is 105 Å². The summed E-state index contributed by atoms with van der Waals surface area (Å²) in [5.74, 6) is -0.124. The summed E-state index contributed by atoms with van der Waals surface area (Å²) in [6, 6.07) is -0.581. The summed E-state index contributed by atoms with van der Waals surface area (Å²) in [7, 11) is 0. The van der Waals surface area contributed by atoms with E-state index in [1.165, 1.54) is 0 Å². The predicted octanol–water partition coefficient (Wildman–Crippen LogP) is 0.882. The first-order valence-electron chi connectivity index (χ1n) is 8.82. The van der Waals surface area contributed by atoms with Crippen molar-refractivity contribution in [3.8, 4) is 0 Å². The molecule has 9 atom stereocenters. The highest BCUT2D eigenvalue weighted by atomic mass is 32.2. The van der Waals surface area contributed by atoms with Crippen molar-refractivity contribution in [1.29, 1.82) is 0 Å². The minimum absolute atomic E-state index is 0.113. The van der Waals surface area contributed by atoms with Crippen LogP contribution in [-0.2, 0) is 16.1 Å². The van der Waals surface area contributed by atoms with Gasteiger partial charge in [0.05, 0.1) is 6.04 Å². The van der Waals surface area contributed by atoms with Gasteiger partial charge in [0.25, 0.3) is 0 Å². The van der Waals surface area contributed by atoms with Crippen LogP contribution in [0.2, 0.25) is 0 Å². The average Bonchev–Trinajstić information content (AvgIpc) is 2.57. The van der Waals surface area contributed by atoms with Crippen molar-refractivity contribution >= 4 is 23.1 Å². The fraction of sp³-hybridized carbons (Fsp3) is 0.882. The van der Waals surface area contributed by atoms with E-state index < -0.39 is 58.2 Å². The molecule has 2 aliphatic rings. The van der Waals surface area contributed by atoms with Crippen molar-refractivity contribution in [2.45, 2.75) is 80.9 Å². The highest BCUT2D eigenvalue weighted by Crippen LogP contribution is 2.34. The summed E-state index contributed by atoms with van der Waals surface area (Å²) in [5, 5.41) is 30.9. The predicted molar refractivity (Wildman–Crippen MR) is 102 cm³/mol. The van der Waals surface area contributed by atoms with Gasteiger partial charge in [0, 0.05) is 17.1 Å². The van der Waals surface area contributed by atoms with E-state index in [4.69, 9.17) is 4.74 Å². The number of alkyl halides is 1. The Hall–Kier alpha value is 0.130. The first-order chi connectivity index (χ1) is 12.0. The molecule has 0 aromatic heterocycles. The lowest BCUT2D eigenvalue weighted by atomic mass is 9.88. The molecular formula is C17H30FNO5S2. The zero-order chi connectivity index (χ0) is 19.6. The lowest BCUT2D eigenvalue weighted by Gasteiger charge is -2.44. The van der Waals surface area contributed by atoms with Crippen LogP contribution in [0.4, 0.5) is 4.39 Å². The zero-order valence-electron chi connectivity index (χ0n) is 15.5. The molecule has 0 amide bonds.